The lowest BCUT2D eigenvalue weighted by Gasteiger charge is -2.30. The van der Waals surface area contributed by atoms with Gasteiger partial charge in [-0.3, -0.25) is 9.59 Å². The fourth-order valence-corrected chi connectivity index (χ4v) is 2.99. The fraction of sp³-hybridized carbons (Fsp3) is 0.364. The number of amides is 2. The molecule has 0 fully saturated rings. The molecule has 0 aromatic heterocycles. The third-order valence-corrected chi connectivity index (χ3v) is 4.95. The summed E-state index contributed by atoms with van der Waals surface area (Å²) in [6.45, 7) is 5.55. The van der Waals surface area contributed by atoms with Crippen LogP contribution in [-0.4, -0.2) is 28.8 Å². The molecule has 0 unspecified atom stereocenters. The predicted octanol–water partition coefficient (Wildman–Crippen LogP) is 4.35. The summed E-state index contributed by atoms with van der Waals surface area (Å²) >= 11 is 6.01. The van der Waals surface area contributed by atoms with Crippen LogP contribution in [0, 0.1) is 5.82 Å². The van der Waals surface area contributed by atoms with Gasteiger partial charge in [0, 0.05) is 23.2 Å². The van der Waals surface area contributed by atoms with Gasteiger partial charge >= 0.3 is 0 Å². The maximum absolute atomic E-state index is 14.2. The van der Waals surface area contributed by atoms with Gasteiger partial charge in [0.05, 0.1) is 6.42 Å². The summed E-state index contributed by atoms with van der Waals surface area (Å²) in [6, 6.07) is 12.5. The fourth-order valence-electron chi connectivity index (χ4n) is 2.78. The topological polar surface area (TPSA) is 49.4 Å². The van der Waals surface area contributed by atoms with Crippen molar-refractivity contribution in [3.63, 3.8) is 0 Å². The van der Waals surface area contributed by atoms with Crippen molar-refractivity contribution in [3.05, 3.63) is 70.5 Å². The second-order valence-corrected chi connectivity index (χ2v) is 7.35. The number of halogens is 2. The predicted molar refractivity (Wildman–Crippen MR) is 109 cm³/mol. The van der Waals surface area contributed by atoms with Gasteiger partial charge in [-0.1, -0.05) is 48.9 Å². The molecule has 2 aromatic rings. The molecule has 0 aliphatic rings. The van der Waals surface area contributed by atoms with Crippen LogP contribution in [0.5, 0.6) is 0 Å². The van der Waals surface area contributed by atoms with Gasteiger partial charge in [-0.25, -0.2) is 4.39 Å². The van der Waals surface area contributed by atoms with Crippen LogP contribution < -0.4 is 5.32 Å². The molecular formula is C22H26ClFN2O2. The highest BCUT2D eigenvalue weighted by atomic mass is 35.5. The lowest BCUT2D eigenvalue weighted by Crippen LogP contribution is -2.50. The van der Waals surface area contributed by atoms with Crippen LogP contribution in [0.25, 0.3) is 0 Å². The van der Waals surface area contributed by atoms with E-state index in [2.05, 4.69) is 5.32 Å². The summed E-state index contributed by atoms with van der Waals surface area (Å²) in [5, 5.41) is 3.43. The number of hydrogen-bond acceptors (Lipinski definition) is 2. The minimum absolute atomic E-state index is 0.00621. The minimum atomic E-state index is -0.736. The van der Waals surface area contributed by atoms with Gasteiger partial charge in [-0.05, 0) is 44.0 Å². The largest absolute Gasteiger partial charge is 0.352 e. The molecule has 28 heavy (non-hydrogen) atoms. The molecule has 0 heterocycles. The van der Waals surface area contributed by atoms with Crippen LogP contribution in [-0.2, 0) is 22.6 Å². The Morgan fingerprint density at radius 2 is 1.86 bits per heavy atom. The maximum atomic E-state index is 14.2. The Bertz CT molecular complexity index is 828. The third kappa shape index (κ3) is 6.06. The molecule has 0 saturated carbocycles. The normalized spacial score (nSPS) is 12.9. The number of rotatable bonds is 8. The second kappa shape index (κ2) is 10.2. The Labute approximate surface area is 170 Å². The first kappa shape index (κ1) is 21.9. The molecule has 0 bridgehead atoms. The van der Waals surface area contributed by atoms with E-state index in [9.17, 15) is 14.0 Å². The molecule has 2 aromatic carbocycles. The van der Waals surface area contributed by atoms with E-state index in [1.165, 1.54) is 11.0 Å². The van der Waals surface area contributed by atoms with Crippen molar-refractivity contribution >= 4 is 23.4 Å². The highest BCUT2D eigenvalue weighted by molar-refractivity contribution is 6.30. The van der Waals surface area contributed by atoms with E-state index in [1.807, 2.05) is 13.8 Å². The van der Waals surface area contributed by atoms with Gasteiger partial charge in [0.1, 0.15) is 11.9 Å². The van der Waals surface area contributed by atoms with Crippen molar-refractivity contribution < 1.29 is 14.0 Å². The van der Waals surface area contributed by atoms with E-state index in [4.69, 9.17) is 11.6 Å². The van der Waals surface area contributed by atoms with E-state index in [1.54, 1.807) is 49.4 Å². The molecule has 2 atom stereocenters. The zero-order chi connectivity index (χ0) is 20.7. The molecule has 0 spiro atoms. The molecule has 1 N–H and O–H groups in total. The first-order chi connectivity index (χ1) is 13.3. The van der Waals surface area contributed by atoms with E-state index >= 15 is 0 Å². The van der Waals surface area contributed by atoms with Gasteiger partial charge < -0.3 is 10.2 Å². The average molecular weight is 405 g/mol. The summed E-state index contributed by atoms with van der Waals surface area (Å²) in [7, 11) is 0. The maximum Gasteiger partial charge on any atom is 0.242 e. The van der Waals surface area contributed by atoms with Gasteiger partial charge in [0.15, 0.2) is 0 Å². The molecule has 4 nitrogen and oxygen atoms in total. The van der Waals surface area contributed by atoms with Crippen molar-refractivity contribution in [3.8, 4) is 0 Å². The molecule has 6 heteroatoms. The van der Waals surface area contributed by atoms with Crippen LogP contribution in [0.3, 0.4) is 0 Å². The number of benzene rings is 2. The first-order valence-electron chi connectivity index (χ1n) is 9.39. The molecule has 150 valence electrons. The Kier molecular flexibility index (Phi) is 8.00. The van der Waals surface area contributed by atoms with Crippen LogP contribution in [0.15, 0.2) is 48.5 Å². The summed E-state index contributed by atoms with van der Waals surface area (Å²) in [4.78, 5) is 27.1. The summed E-state index contributed by atoms with van der Waals surface area (Å²) in [5.74, 6) is -0.931. The molecule has 2 rings (SSSR count). The number of nitrogens with one attached hydrogen (secondary N) is 1. The van der Waals surface area contributed by atoms with Crippen molar-refractivity contribution in [2.45, 2.75) is 52.2 Å². The lowest BCUT2D eigenvalue weighted by atomic mass is 10.1. The number of carbonyl (C=O) groups is 2. The van der Waals surface area contributed by atoms with Crippen LogP contribution >= 0.6 is 11.6 Å². The second-order valence-electron chi connectivity index (χ2n) is 6.91. The van der Waals surface area contributed by atoms with Gasteiger partial charge in [-0.15, -0.1) is 0 Å². The summed E-state index contributed by atoms with van der Waals surface area (Å²) in [6.07, 6.45) is 0.859. The zero-order valence-corrected chi connectivity index (χ0v) is 17.2. The minimum Gasteiger partial charge on any atom is -0.352 e. The average Bonchev–Trinajstić information content (AvgIpc) is 2.66. The first-order valence-corrected chi connectivity index (χ1v) is 9.77. The van der Waals surface area contributed by atoms with E-state index in [0.29, 0.717) is 10.6 Å². The van der Waals surface area contributed by atoms with Crippen LogP contribution in [0.1, 0.15) is 38.3 Å². The van der Waals surface area contributed by atoms with E-state index in [0.717, 1.165) is 12.0 Å². The standard InChI is InChI=1S/C22H26ClFN2O2/c1-4-15(2)25-22(28)16(3)26(14-18-9-5-6-11-20(18)24)21(27)13-17-8-7-10-19(23)12-17/h5-12,15-16H,4,13-14H2,1-3H3,(H,25,28)/t15-,16+/m0/s1. The summed E-state index contributed by atoms with van der Waals surface area (Å²) in [5.41, 5.74) is 1.11. The smallest absolute Gasteiger partial charge is 0.242 e. The Balaban J connectivity index is 2.25. The molecule has 0 aliphatic heterocycles. The van der Waals surface area contributed by atoms with Gasteiger partial charge in [0.25, 0.3) is 0 Å². The Morgan fingerprint density at radius 1 is 1.14 bits per heavy atom. The van der Waals surface area contributed by atoms with Crippen molar-refractivity contribution in [1.29, 1.82) is 0 Å². The highest BCUT2D eigenvalue weighted by Gasteiger charge is 2.27. The zero-order valence-electron chi connectivity index (χ0n) is 16.4. The lowest BCUT2D eigenvalue weighted by molar-refractivity contribution is -0.140. The van der Waals surface area contributed by atoms with Crippen molar-refractivity contribution in [2.24, 2.45) is 0 Å². The monoisotopic (exact) mass is 404 g/mol. The highest BCUT2D eigenvalue weighted by Crippen LogP contribution is 2.17. The van der Waals surface area contributed by atoms with Crippen molar-refractivity contribution in [2.75, 3.05) is 0 Å². The molecular weight excluding hydrogens is 379 g/mol. The van der Waals surface area contributed by atoms with Crippen molar-refractivity contribution in [1.82, 2.24) is 10.2 Å². The molecule has 0 radical (unpaired) electrons. The molecule has 2 amide bonds. The molecule has 0 aliphatic carbocycles. The van der Waals surface area contributed by atoms with E-state index in [-0.39, 0.29) is 30.8 Å². The molecule has 0 saturated heterocycles. The van der Waals surface area contributed by atoms with Gasteiger partial charge in [0.2, 0.25) is 11.8 Å². The number of carbonyl (C=O) groups excluding carboxylic acids is 2. The quantitative estimate of drug-likeness (QED) is 0.710. The summed E-state index contributed by atoms with van der Waals surface area (Å²) < 4.78 is 14.2. The Hall–Kier alpha value is -2.40. The number of hydrogen-bond donors (Lipinski definition) is 1. The van der Waals surface area contributed by atoms with Gasteiger partial charge in [-0.2, -0.15) is 0 Å². The Morgan fingerprint density at radius 3 is 2.50 bits per heavy atom. The van der Waals surface area contributed by atoms with Crippen LogP contribution in [0.4, 0.5) is 4.39 Å². The van der Waals surface area contributed by atoms with Crippen LogP contribution in [0.2, 0.25) is 5.02 Å². The third-order valence-electron chi connectivity index (χ3n) is 4.71. The number of nitrogens with zero attached hydrogens (tertiary/aromatic N) is 1. The SMILES string of the molecule is CC[C@H](C)NC(=O)[C@@H](C)N(Cc1ccccc1F)C(=O)Cc1cccc(Cl)c1. The van der Waals surface area contributed by atoms with E-state index < -0.39 is 11.9 Å².